The summed E-state index contributed by atoms with van der Waals surface area (Å²) < 4.78 is 104. The van der Waals surface area contributed by atoms with Crippen LogP contribution in [0.3, 0.4) is 0 Å². The molecule has 0 radical (unpaired) electrons. The van der Waals surface area contributed by atoms with E-state index in [1.165, 1.54) is 6.20 Å². The smallest absolute Gasteiger partial charge is 0.330 e. The van der Waals surface area contributed by atoms with Gasteiger partial charge in [0.25, 0.3) is 25.2 Å². The Morgan fingerprint density at radius 1 is 0.729 bits per heavy atom. The summed E-state index contributed by atoms with van der Waals surface area (Å²) in [5, 5.41) is 28.1. The molecule has 28 heteroatoms. The van der Waals surface area contributed by atoms with E-state index in [0.29, 0.717) is 11.0 Å². The Balaban J connectivity index is 0.000000241. The van der Waals surface area contributed by atoms with Crippen LogP contribution in [0.5, 0.6) is 0 Å². The number of ether oxygens (including phenoxy) is 3. The lowest BCUT2D eigenvalue weighted by Crippen LogP contribution is -2.47. The lowest BCUT2D eigenvalue weighted by molar-refractivity contribution is -0.138. The molecule has 0 amide bonds. The number of rotatable bonds is 17. The van der Waals surface area contributed by atoms with Gasteiger partial charge in [-0.15, -0.1) is 0 Å². The molecule has 3 aliphatic heterocycles. The number of alkyl halides is 5. The van der Waals surface area contributed by atoms with Crippen molar-refractivity contribution >= 4 is 8.53 Å². The fourth-order valence-electron chi connectivity index (χ4n) is 8.11. The van der Waals surface area contributed by atoms with Crippen molar-refractivity contribution in [1.82, 2.24) is 33.3 Å². The molecule has 0 bridgehead atoms. The summed E-state index contributed by atoms with van der Waals surface area (Å²) in [6.07, 6.45) is -9.20. The van der Waals surface area contributed by atoms with Gasteiger partial charge in [0, 0.05) is 54.8 Å². The third-order valence-corrected chi connectivity index (χ3v) is 14.4. The lowest BCUT2D eigenvalue weighted by atomic mass is 9.86. The van der Waals surface area contributed by atoms with E-state index in [4.69, 9.17) is 34.9 Å². The number of aromatic nitrogens is 6. The summed E-state index contributed by atoms with van der Waals surface area (Å²) in [6.45, 7) is 16.3. The molecule has 6 N–H and O–H groups in total. The lowest BCUT2D eigenvalue weighted by Gasteiger charge is -2.39. The van der Waals surface area contributed by atoms with Crippen LogP contribution in [0.1, 0.15) is 80.0 Å². The van der Waals surface area contributed by atoms with Gasteiger partial charge in [0.2, 0.25) is 6.54 Å². The van der Waals surface area contributed by atoms with Crippen molar-refractivity contribution in [1.29, 1.82) is 0 Å². The zero-order valence-corrected chi connectivity index (χ0v) is 40.3. The van der Waals surface area contributed by atoms with Crippen LogP contribution in [0.4, 0.5) is 22.0 Å². The minimum absolute atomic E-state index is 0.0338. The summed E-state index contributed by atoms with van der Waals surface area (Å²) in [6, 6.07) is 3.08. The van der Waals surface area contributed by atoms with E-state index in [0.717, 1.165) is 39.7 Å². The van der Waals surface area contributed by atoms with Crippen LogP contribution >= 0.6 is 8.53 Å². The second kappa shape index (κ2) is 24.6. The Morgan fingerprint density at radius 3 is 1.47 bits per heavy atom. The average molecular weight is 1030 g/mol. The molecule has 6 heterocycles. The zero-order chi connectivity index (χ0) is 52.5. The molecule has 0 aliphatic carbocycles. The normalized spacial score (nSPS) is 31.0. The first-order valence-corrected chi connectivity index (χ1v) is 23.3. The second-order valence-electron chi connectivity index (χ2n) is 17.2. The highest BCUT2D eigenvalue weighted by Gasteiger charge is 2.59. The van der Waals surface area contributed by atoms with Gasteiger partial charge in [-0.05, 0) is 40.5 Å². The predicted molar refractivity (Wildman–Crippen MR) is 240 cm³/mol. The fraction of sp³-hybridized carbons (Fsp3) is 0.690. The van der Waals surface area contributed by atoms with Crippen LogP contribution in [-0.2, 0) is 23.3 Å². The number of aliphatic hydroxyl groups is 3. The number of aromatic amines is 3. The molecule has 3 saturated heterocycles. The quantitative estimate of drug-likeness (QED) is 0.0487. The highest BCUT2D eigenvalue weighted by Crippen LogP contribution is 2.53. The van der Waals surface area contributed by atoms with Crippen LogP contribution in [-0.4, -0.2) is 148 Å². The van der Waals surface area contributed by atoms with E-state index in [9.17, 15) is 56.5 Å². The van der Waals surface area contributed by atoms with Gasteiger partial charge in [0.1, 0.15) is 37.8 Å². The molecular weight excluding hydrogens is 966 g/mol. The largest absolute Gasteiger partial charge is 0.393 e. The highest BCUT2D eigenvalue weighted by atomic mass is 31.2. The van der Waals surface area contributed by atoms with Crippen molar-refractivity contribution < 1.29 is 60.5 Å². The van der Waals surface area contributed by atoms with Gasteiger partial charge >= 0.3 is 17.1 Å². The molecule has 3 fully saturated rings. The fourth-order valence-corrected chi connectivity index (χ4v) is 9.90. The Labute approximate surface area is 397 Å². The molecule has 6 rings (SSSR count). The van der Waals surface area contributed by atoms with Crippen LogP contribution in [0.15, 0.2) is 65.6 Å². The topological polar surface area (TPSA) is 279 Å². The molecule has 0 saturated carbocycles. The maximum absolute atomic E-state index is 15.7. The number of nitrogens with one attached hydrogen (secondary N) is 3. The molecule has 3 aromatic rings. The van der Waals surface area contributed by atoms with Crippen LogP contribution in [0.2, 0.25) is 0 Å². The summed E-state index contributed by atoms with van der Waals surface area (Å²) in [5.41, 5.74) is -9.18. The van der Waals surface area contributed by atoms with Crippen molar-refractivity contribution in [3.63, 3.8) is 0 Å². The molecular formula is C42H60F5N8O14P. The monoisotopic (exact) mass is 1030 g/mol. The first-order valence-electron chi connectivity index (χ1n) is 22.1. The van der Waals surface area contributed by atoms with Gasteiger partial charge in [-0.1, -0.05) is 20.8 Å². The Morgan fingerprint density at radius 2 is 1.13 bits per heavy atom. The number of nitrogens with zero attached hydrogens (tertiary/aromatic N) is 5. The van der Waals surface area contributed by atoms with Crippen molar-refractivity contribution in [3.8, 4) is 0 Å². The standard InChI is InChI=1S/C20H31F2N4O5P.C12H17FN2O4.C10H12F2N2O5/c1-7-20(12-21)17(16(22)18(30-20)25-10-8-15(27)24-19(25)28)31-32(29-11-9-23-6)26(13(2)3)14(4)5;1-3-12(6-16)7(2)9(13)10(19-12)15-5-4-8(17)14-11(15)18;11-3-10(4-15)7(17)6(12)8(19-10)14-2-1-5(16)13-9(14)18/h8,10,13-14,16-18H,7,9,11-12H2,1-5H3,(H,24,27,28);4-5,7,9-10,16H,3,6H2,1-2H3,(H,14,17,18);1-2,6-8,15,17H,3-4H2,(H,13,16,18)/t16-,17+,18?,20+,32?;7-,9+,10?,12-;6-,7+,8?,10-/m101/s1. The third kappa shape index (κ3) is 12.1. The second-order valence-corrected chi connectivity index (χ2v) is 18.6. The van der Waals surface area contributed by atoms with Gasteiger partial charge in [-0.25, -0.2) is 47.6 Å². The van der Waals surface area contributed by atoms with Gasteiger partial charge in [-0.2, -0.15) is 0 Å². The molecule has 4 unspecified atom stereocenters. The highest BCUT2D eigenvalue weighted by molar-refractivity contribution is 7.44. The van der Waals surface area contributed by atoms with E-state index in [1.54, 1.807) is 20.8 Å². The third-order valence-electron chi connectivity index (χ3n) is 12.3. The van der Waals surface area contributed by atoms with Gasteiger partial charge < -0.3 is 43.4 Å². The molecule has 3 aliphatic rings. The minimum Gasteiger partial charge on any atom is -0.393 e. The summed E-state index contributed by atoms with van der Waals surface area (Å²) in [5.74, 6) is -0.550. The molecule has 0 aromatic carbocycles. The molecule has 70 heavy (non-hydrogen) atoms. The zero-order valence-electron chi connectivity index (χ0n) is 39.4. The minimum atomic E-state index is -2.12. The maximum atomic E-state index is 15.7. The SMILES string of the molecule is CC[C@@]1(CO)OC(n2ccc(=O)[nH]c2=O)[C@H](F)[C@@H]1C.O=c1ccn(C2O[C@@](CO)(CF)[C@@H](O)[C@H]2F)c(=O)[nH]1.[C-]#[N+]CCOP(O[C@H]1[C@@H](F)C(n2ccc(=O)[nH]c2=O)O[C@@]1(CC)CF)N(C(C)C)C(C)C. The number of aliphatic hydroxyl groups excluding tert-OH is 3. The predicted octanol–water partition coefficient (Wildman–Crippen LogP) is 1.83. The van der Waals surface area contributed by atoms with Crippen LogP contribution in [0.25, 0.3) is 4.85 Å². The molecule has 13 atom stereocenters. The Bertz CT molecular complexity index is 2470. The maximum Gasteiger partial charge on any atom is 0.330 e. The number of halogens is 5. The number of H-pyrrole nitrogens is 3. The Hall–Kier alpha value is -4.75. The first-order chi connectivity index (χ1) is 33.0. The molecule has 3 aromatic heterocycles. The first kappa shape index (κ1) is 57.8. The van der Waals surface area contributed by atoms with Crippen molar-refractivity contribution in [2.45, 2.75) is 140 Å². The van der Waals surface area contributed by atoms with Crippen LogP contribution in [0, 0.1) is 12.5 Å². The van der Waals surface area contributed by atoms with E-state index in [1.807, 2.05) is 37.3 Å². The van der Waals surface area contributed by atoms with E-state index in [-0.39, 0.29) is 38.3 Å². The van der Waals surface area contributed by atoms with Gasteiger partial charge in [0.05, 0.1) is 18.8 Å². The molecule has 392 valence electrons. The number of hydrogen-bond donors (Lipinski definition) is 6. The average Bonchev–Trinajstić information content (AvgIpc) is 3.85. The molecule has 0 spiro atoms. The van der Waals surface area contributed by atoms with Crippen molar-refractivity contribution in [2.24, 2.45) is 5.92 Å². The van der Waals surface area contributed by atoms with Gasteiger partial charge in [-0.3, -0.25) is 43.0 Å². The molecule has 22 nitrogen and oxygen atoms in total. The van der Waals surface area contributed by atoms with Crippen LogP contribution < -0.4 is 33.7 Å². The van der Waals surface area contributed by atoms with E-state index in [2.05, 4.69) is 14.8 Å². The van der Waals surface area contributed by atoms with E-state index < -0.39 is 134 Å². The number of hydrogen-bond acceptors (Lipinski definition) is 15. The van der Waals surface area contributed by atoms with Gasteiger partial charge in [0.15, 0.2) is 42.8 Å². The van der Waals surface area contributed by atoms with Crippen molar-refractivity contribution in [2.75, 3.05) is 39.7 Å². The summed E-state index contributed by atoms with van der Waals surface area (Å²) >= 11 is 0. The van der Waals surface area contributed by atoms with E-state index >= 15 is 4.39 Å². The van der Waals surface area contributed by atoms with Crippen molar-refractivity contribution in [3.05, 3.63) is 111 Å². The summed E-state index contributed by atoms with van der Waals surface area (Å²) in [4.78, 5) is 77.9. The Kier molecular flexibility index (Phi) is 20.3. The summed E-state index contributed by atoms with van der Waals surface area (Å²) in [7, 11) is -1.86.